The first-order chi connectivity index (χ1) is 8.20. The van der Waals surface area contributed by atoms with Crippen LogP contribution in [0.3, 0.4) is 0 Å². The molecule has 3 nitrogen and oxygen atoms in total. The number of rotatable bonds is 3. The Bertz CT molecular complexity index is 394. The van der Waals surface area contributed by atoms with Crippen molar-refractivity contribution in [2.75, 3.05) is 7.11 Å². The lowest BCUT2D eigenvalue weighted by molar-refractivity contribution is 0.0594. The molecule has 0 unspecified atom stereocenters. The minimum Gasteiger partial charge on any atom is -0.464 e. The lowest BCUT2D eigenvalue weighted by Gasteiger charge is -2.21. The highest BCUT2D eigenvalue weighted by molar-refractivity contribution is 9.10. The summed E-state index contributed by atoms with van der Waals surface area (Å²) in [7, 11) is 1.40. The van der Waals surface area contributed by atoms with E-state index in [9.17, 15) is 4.79 Å². The van der Waals surface area contributed by atoms with E-state index in [2.05, 4.69) is 20.9 Å². The quantitative estimate of drug-likeness (QED) is 0.865. The highest BCUT2D eigenvalue weighted by Crippen LogP contribution is 2.29. The van der Waals surface area contributed by atoms with E-state index in [-0.39, 0.29) is 5.97 Å². The van der Waals surface area contributed by atoms with Crippen LogP contribution in [0.1, 0.15) is 48.3 Å². The van der Waals surface area contributed by atoms with Gasteiger partial charge in [0.05, 0.1) is 7.11 Å². The van der Waals surface area contributed by atoms with Crippen LogP contribution in [-0.2, 0) is 11.2 Å². The summed E-state index contributed by atoms with van der Waals surface area (Å²) in [6.07, 6.45) is 7.69. The molecular weight excluding hydrogens is 282 g/mol. The second-order valence-corrected chi connectivity index (χ2v) is 5.56. The molecule has 1 aliphatic rings. The van der Waals surface area contributed by atoms with Crippen molar-refractivity contribution in [2.45, 2.75) is 38.5 Å². The summed E-state index contributed by atoms with van der Waals surface area (Å²) in [4.78, 5) is 14.6. The molecule has 0 saturated heterocycles. The first-order valence-corrected chi connectivity index (χ1v) is 6.95. The van der Waals surface area contributed by atoms with Gasteiger partial charge in [-0.3, -0.25) is 0 Å². The average Bonchev–Trinajstić information content (AvgIpc) is 2.71. The zero-order valence-corrected chi connectivity index (χ0v) is 11.7. The Morgan fingerprint density at radius 3 is 2.82 bits per heavy atom. The summed E-state index contributed by atoms with van der Waals surface area (Å²) in [5, 5.41) is 0. The molecule has 17 heavy (non-hydrogen) atoms. The second-order valence-electron chi connectivity index (χ2n) is 4.71. The number of esters is 1. The Kier molecular flexibility index (Phi) is 4.26. The molecule has 1 saturated carbocycles. The fourth-order valence-corrected chi connectivity index (χ4v) is 3.01. The third-order valence-electron chi connectivity index (χ3n) is 3.47. The van der Waals surface area contributed by atoms with Gasteiger partial charge in [0, 0.05) is 10.2 Å². The maximum atomic E-state index is 11.4. The van der Waals surface area contributed by atoms with E-state index in [1.54, 1.807) is 0 Å². The van der Waals surface area contributed by atoms with Crippen LogP contribution in [-0.4, -0.2) is 18.1 Å². The van der Waals surface area contributed by atoms with Crippen LogP contribution in [0.5, 0.6) is 0 Å². The fraction of sp³-hybridized carbons (Fsp3) is 0.615. The number of methoxy groups -OCH3 is 1. The molecule has 0 radical (unpaired) electrons. The van der Waals surface area contributed by atoms with Crippen LogP contribution >= 0.6 is 15.9 Å². The Morgan fingerprint density at radius 2 is 2.18 bits per heavy atom. The number of carbonyl (C=O) groups is 1. The topological polar surface area (TPSA) is 42.1 Å². The molecule has 1 N–H and O–H groups in total. The van der Waals surface area contributed by atoms with Gasteiger partial charge in [0.15, 0.2) is 0 Å². The molecule has 1 aromatic rings. The molecular formula is C13H18BrNO2. The van der Waals surface area contributed by atoms with Crippen molar-refractivity contribution >= 4 is 21.9 Å². The van der Waals surface area contributed by atoms with Gasteiger partial charge in [0.2, 0.25) is 0 Å². The van der Waals surface area contributed by atoms with Crippen LogP contribution in [0, 0.1) is 5.92 Å². The van der Waals surface area contributed by atoms with Crippen LogP contribution in [0.2, 0.25) is 0 Å². The van der Waals surface area contributed by atoms with Crippen LogP contribution in [0.25, 0.3) is 0 Å². The average molecular weight is 300 g/mol. The van der Waals surface area contributed by atoms with Crippen LogP contribution in [0.15, 0.2) is 10.5 Å². The lowest BCUT2D eigenvalue weighted by atomic mass is 9.86. The number of carbonyl (C=O) groups excluding carboxylic acids is 1. The molecule has 0 spiro atoms. The number of H-pyrrole nitrogens is 1. The van der Waals surface area contributed by atoms with Crippen molar-refractivity contribution in [1.29, 1.82) is 0 Å². The number of aromatic amines is 1. The largest absolute Gasteiger partial charge is 0.464 e. The van der Waals surface area contributed by atoms with Crippen molar-refractivity contribution in [3.05, 3.63) is 21.9 Å². The summed E-state index contributed by atoms with van der Waals surface area (Å²) >= 11 is 3.50. The van der Waals surface area contributed by atoms with Gasteiger partial charge in [0.25, 0.3) is 0 Å². The molecule has 1 aromatic heterocycles. The van der Waals surface area contributed by atoms with Gasteiger partial charge in [-0.25, -0.2) is 4.79 Å². The van der Waals surface area contributed by atoms with E-state index in [4.69, 9.17) is 4.74 Å². The molecule has 1 fully saturated rings. The maximum absolute atomic E-state index is 11.4. The van der Waals surface area contributed by atoms with Gasteiger partial charge >= 0.3 is 5.97 Å². The normalized spacial score (nSPS) is 17.1. The standard InChI is InChI=1S/C13H18BrNO2/c1-17-13(16)12-8-10(14)11(15-12)7-9-5-3-2-4-6-9/h8-9,15H,2-7H2,1H3. The van der Waals surface area contributed by atoms with Crippen molar-refractivity contribution in [3.8, 4) is 0 Å². The number of halogens is 1. The first-order valence-electron chi connectivity index (χ1n) is 6.16. The molecule has 94 valence electrons. The van der Waals surface area contributed by atoms with E-state index in [0.717, 1.165) is 22.5 Å². The number of nitrogens with one attached hydrogen (secondary N) is 1. The van der Waals surface area contributed by atoms with Gasteiger partial charge in [-0.15, -0.1) is 0 Å². The molecule has 0 atom stereocenters. The highest BCUT2D eigenvalue weighted by Gasteiger charge is 2.18. The monoisotopic (exact) mass is 299 g/mol. The molecule has 1 heterocycles. The predicted molar refractivity (Wildman–Crippen MR) is 70.1 cm³/mol. The van der Waals surface area contributed by atoms with E-state index in [1.165, 1.54) is 39.2 Å². The zero-order valence-electron chi connectivity index (χ0n) is 10.1. The Hall–Kier alpha value is -0.770. The number of hydrogen-bond acceptors (Lipinski definition) is 2. The Morgan fingerprint density at radius 1 is 1.47 bits per heavy atom. The van der Waals surface area contributed by atoms with Crippen molar-refractivity contribution in [2.24, 2.45) is 5.92 Å². The van der Waals surface area contributed by atoms with Gasteiger partial charge in [-0.1, -0.05) is 32.1 Å². The van der Waals surface area contributed by atoms with Crippen molar-refractivity contribution in [1.82, 2.24) is 4.98 Å². The van der Waals surface area contributed by atoms with Crippen LogP contribution in [0.4, 0.5) is 0 Å². The zero-order chi connectivity index (χ0) is 12.3. The van der Waals surface area contributed by atoms with Crippen molar-refractivity contribution in [3.63, 3.8) is 0 Å². The fourth-order valence-electron chi connectivity index (χ4n) is 2.52. The van der Waals surface area contributed by atoms with Gasteiger partial charge in [-0.05, 0) is 34.3 Å². The third-order valence-corrected chi connectivity index (χ3v) is 4.18. The van der Waals surface area contributed by atoms with E-state index < -0.39 is 0 Å². The third kappa shape index (κ3) is 3.12. The second kappa shape index (κ2) is 5.71. The van der Waals surface area contributed by atoms with Gasteiger partial charge in [0.1, 0.15) is 5.69 Å². The Labute approximate surface area is 110 Å². The summed E-state index contributed by atoms with van der Waals surface area (Å²) < 4.78 is 5.69. The highest BCUT2D eigenvalue weighted by atomic mass is 79.9. The number of aromatic nitrogens is 1. The summed E-state index contributed by atoms with van der Waals surface area (Å²) in [6.45, 7) is 0. The summed E-state index contributed by atoms with van der Waals surface area (Å²) in [5.41, 5.74) is 1.66. The lowest BCUT2D eigenvalue weighted by Crippen LogP contribution is -2.10. The summed E-state index contributed by atoms with van der Waals surface area (Å²) in [6, 6.07) is 1.81. The molecule has 1 aliphatic carbocycles. The molecule has 0 bridgehead atoms. The van der Waals surface area contributed by atoms with E-state index in [0.29, 0.717) is 5.69 Å². The molecule has 0 amide bonds. The number of ether oxygens (including phenoxy) is 1. The maximum Gasteiger partial charge on any atom is 0.354 e. The molecule has 0 aliphatic heterocycles. The van der Waals surface area contributed by atoms with Gasteiger partial charge in [-0.2, -0.15) is 0 Å². The summed E-state index contributed by atoms with van der Waals surface area (Å²) in [5.74, 6) is 0.449. The first kappa shape index (κ1) is 12.7. The smallest absolute Gasteiger partial charge is 0.354 e. The van der Waals surface area contributed by atoms with E-state index in [1.807, 2.05) is 6.07 Å². The SMILES string of the molecule is COC(=O)c1cc(Br)c(CC2CCCCC2)[nH]1. The molecule has 4 heteroatoms. The minimum absolute atomic E-state index is 0.305. The Balaban J connectivity index is 2.04. The number of hydrogen-bond donors (Lipinski definition) is 1. The molecule has 2 rings (SSSR count). The van der Waals surface area contributed by atoms with E-state index >= 15 is 0 Å². The predicted octanol–water partition coefficient (Wildman–Crippen LogP) is 3.69. The van der Waals surface area contributed by atoms with Gasteiger partial charge < -0.3 is 9.72 Å². The molecule has 0 aromatic carbocycles. The van der Waals surface area contributed by atoms with Crippen LogP contribution < -0.4 is 0 Å². The minimum atomic E-state index is -0.305. The van der Waals surface area contributed by atoms with Crippen molar-refractivity contribution < 1.29 is 9.53 Å².